The number of ether oxygens (including phenoxy) is 1. The van der Waals surface area contributed by atoms with Gasteiger partial charge in [0.25, 0.3) is 0 Å². The lowest BCUT2D eigenvalue weighted by Gasteiger charge is -2.27. The molecule has 5 aromatic rings. The largest absolute Gasteiger partial charge is 0.450 e. The van der Waals surface area contributed by atoms with E-state index >= 15 is 0 Å². The topological polar surface area (TPSA) is 103 Å². The van der Waals surface area contributed by atoms with Gasteiger partial charge >= 0.3 is 5.97 Å². The molecule has 1 aromatic heterocycles. The average Bonchev–Trinajstić information content (AvgIpc) is 3.85. The Morgan fingerprint density at radius 3 is 2.07 bits per heavy atom. The molecule has 7 rings (SSSR count). The van der Waals surface area contributed by atoms with Crippen LogP contribution in [0.15, 0.2) is 121 Å². The number of nitrogens with zero attached hydrogens (tertiary/aromatic N) is 2. The first-order valence-corrected chi connectivity index (χ1v) is 16.8. The quantitative estimate of drug-likeness (QED) is 0.107. The average molecular weight is 617 g/mol. The van der Waals surface area contributed by atoms with Gasteiger partial charge in [-0.3, -0.25) is 9.59 Å². The van der Waals surface area contributed by atoms with Crippen LogP contribution in [-0.2, 0) is 42.8 Å². The fraction of sp³-hybridized carbons (Fsp3) is 0.243. The molecule has 7 nitrogen and oxygen atoms in total. The predicted molar refractivity (Wildman–Crippen MR) is 170 cm³/mol. The highest BCUT2D eigenvalue weighted by atomic mass is 32.2. The number of carbonyl (C=O) groups excluding carboxylic acids is 2. The van der Waals surface area contributed by atoms with E-state index in [9.17, 15) is 18.0 Å². The van der Waals surface area contributed by atoms with Crippen molar-refractivity contribution < 1.29 is 22.7 Å². The van der Waals surface area contributed by atoms with Crippen LogP contribution in [0.2, 0.25) is 0 Å². The molecule has 45 heavy (non-hydrogen) atoms. The van der Waals surface area contributed by atoms with Gasteiger partial charge in [0.1, 0.15) is 5.92 Å². The maximum absolute atomic E-state index is 14.5. The van der Waals surface area contributed by atoms with Crippen LogP contribution >= 0.6 is 0 Å². The van der Waals surface area contributed by atoms with Crippen LogP contribution in [0.1, 0.15) is 41.0 Å². The van der Waals surface area contributed by atoms with Crippen molar-refractivity contribution >= 4 is 32.5 Å². The number of esters is 1. The zero-order valence-electron chi connectivity index (χ0n) is 24.6. The monoisotopic (exact) mass is 616 g/mol. The van der Waals surface area contributed by atoms with E-state index in [1.54, 1.807) is 24.3 Å². The van der Waals surface area contributed by atoms with Gasteiger partial charge in [0.05, 0.1) is 11.3 Å². The number of Topliss-reactive ketones (excluding diaryl/α,β-unsaturated/α-hetero) is 1. The first-order chi connectivity index (χ1) is 21.8. The van der Waals surface area contributed by atoms with Gasteiger partial charge in [0.2, 0.25) is 15.0 Å². The molecule has 0 N–H and O–H groups in total. The van der Waals surface area contributed by atoms with Crippen molar-refractivity contribution in [2.24, 2.45) is 11.8 Å². The summed E-state index contributed by atoms with van der Waals surface area (Å²) in [6.45, 7) is 0. The van der Waals surface area contributed by atoms with Crippen LogP contribution in [0.3, 0.4) is 0 Å². The number of ketones is 1. The molecule has 1 saturated heterocycles. The maximum atomic E-state index is 14.5. The van der Waals surface area contributed by atoms with E-state index < -0.39 is 33.2 Å². The third-order valence-electron chi connectivity index (χ3n) is 8.87. The van der Waals surface area contributed by atoms with Crippen LogP contribution < -0.4 is 0 Å². The summed E-state index contributed by atoms with van der Waals surface area (Å²) < 4.78 is 33.0. The second kappa shape index (κ2) is 11.7. The number of rotatable bonds is 10. The van der Waals surface area contributed by atoms with E-state index in [0.717, 1.165) is 34.9 Å². The summed E-state index contributed by atoms with van der Waals surface area (Å²) >= 11 is 0. The minimum absolute atomic E-state index is 0.131. The minimum atomic E-state index is -3.86. The summed E-state index contributed by atoms with van der Waals surface area (Å²) in [4.78, 5) is 36.8. The number of hydrogen-bond acceptors (Lipinski definition) is 7. The minimum Gasteiger partial charge on any atom is -0.450 e. The van der Waals surface area contributed by atoms with Crippen molar-refractivity contribution in [3.8, 4) is 0 Å². The molecule has 2 unspecified atom stereocenters. The molecule has 1 aliphatic heterocycles. The molecule has 2 aliphatic rings. The van der Waals surface area contributed by atoms with Crippen molar-refractivity contribution in [2.45, 2.75) is 48.1 Å². The number of para-hydroxylation sites is 1. The van der Waals surface area contributed by atoms with Gasteiger partial charge in [-0.25, -0.2) is 18.4 Å². The Labute approximate surface area is 262 Å². The SMILES string of the molecule is O=C1OC(Cc2ccccc2)(Cc2ccccc2)C(=O)C1C(c1cccc(CS(=O)(=O)c2ncc3ccccc3n2)c1)C1CC1. The third kappa shape index (κ3) is 5.90. The second-order valence-corrected chi connectivity index (χ2v) is 14.0. The van der Waals surface area contributed by atoms with Crippen LogP contribution in [0, 0.1) is 11.8 Å². The molecular formula is C37H32N2O5S. The Morgan fingerprint density at radius 2 is 1.40 bits per heavy atom. The van der Waals surface area contributed by atoms with Crippen LogP contribution in [0.25, 0.3) is 10.9 Å². The Morgan fingerprint density at radius 1 is 0.778 bits per heavy atom. The van der Waals surface area contributed by atoms with E-state index in [1.807, 2.05) is 84.9 Å². The van der Waals surface area contributed by atoms with E-state index in [0.29, 0.717) is 11.1 Å². The van der Waals surface area contributed by atoms with Gasteiger partial charge < -0.3 is 4.74 Å². The predicted octanol–water partition coefficient (Wildman–Crippen LogP) is 6.06. The van der Waals surface area contributed by atoms with E-state index in [2.05, 4.69) is 9.97 Å². The van der Waals surface area contributed by atoms with E-state index in [-0.39, 0.29) is 35.5 Å². The summed E-state index contributed by atoms with van der Waals surface area (Å²) in [5.41, 5.74) is 2.39. The smallest absolute Gasteiger partial charge is 0.318 e. The van der Waals surface area contributed by atoms with Gasteiger partial charge in [0, 0.05) is 30.3 Å². The highest BCUT2D eigenvalue weighted by Crippen LogP contribution is 2.51. The Hall–Kier alpha value is -4.69. The van der Waals surface area contributed by atoms with Gasteiger partial charge in [-0.1, -0.05) is 103 Å². The number of sulfone groups is 1. The van der Waals surface area contributed by atoms with E-state index in [4.69, 9.17) is 4.74 Å². The fourth-order valence-electron chi connectivity index (χ4n) is 6.64. The lowest BCUT2D eigenvalue weighted by Crippen LogP contribution is -2.43. The van der Waals surface area contributed by atoms with Crippen LogP contribution in [0.4, 0.5) is 0 Å². The summed E-state index contributed by atoms with van der Waals surface area (Å²) in [7, 11) is -3.86. The molecule has 226 valence electrons. The van der Waals surface area contributed by atoms with Gasteiger partial charge in [-0.05, 0) is 47.1 Å². The van der Waals surface area contributed by atoms with Crippen LogP contribution in [0.5, 0.6) is 0 Å². The Balaban J connectivity index is 1.20. The second-order valence-electron chi connectivity index (χ2n) is 12.2. The maximum Gasteiger partial charge on any atom is 0.318 e. The molecule has 0 radical (unpaired) electrons. The lowest BCUT2D eigenvalue weighted by atomic mass is 9.74. The fourth-order valence-corrected chi connectivity index (χ4v) is 7.84. The van der Waals surface area contributed by atoms with Crippen molar-refractivity contribution in [2.75, 3.05) is 0 Å². The number of carbonyl (C=O) groups is 2. The van der Waals surface area contributed by atoms with Crippen LogP contribution in [-0.4, -0.2) is 35.7 Å². The van der Waals surface area contributed by atoms with E-state index in [1.165, 1.54) is 6.20 Å². The summed E-state index contributed by atoms with van der Waals surface area (Å²) in [6.07, 6.45) is 3.86. The summed E-state index contributed by atoms with van der Waals surface area (Å²) in [6, 6.07) is 33.8. The lowest BCUT2D eigenvalue weighted by molar-refractivity contribution is -0.152. The Kier molecular flexibility index (Phi) is 7.53. The number of cyclic esters (lactones) is 1. The standard InChI is InChI=1S/C37H32N2O5S/c40-34-33(35(41)44-37(34,21-25-10-3-1-4-11-25)22-26-12-5-2-6-13-26)32(28-18-19-28)29-16-9-14-27(20-29)24-45(42,43)36-38-23-30-15-7-8-17-31(30)39-36/h1-17,20,23,28,32-33H,18-19,21-22,24H2. The highest BCUT2D eigenvalue weighted by molar-refractivity contribution is 7.90. The molecule has 0 bridgehead atoms. The third-order valence-corrected chi connectivity index (χ3v) is 10.3. The Bertz CT molecular complexity index is 1950. The first-order valence-electron chi connectivity index (χ1n) is 15.2. The highest BCUT2D eigenvalue weighted by Gasteiger charge is 2.59. The van der Waals surface area contributed by atoms with Gasteiger partial charge in [-0.15, -0.1) is 0 Å². The van der Waals surface area contributed by atoms with Crippen molar-refractivity contribution in [1.29, 1.82) is 0 Å². The molecule has 1 saturated carbocycles. The summed E-state index contributed by atoms with van der Waals surface area (Å²) in [5, 5.41) is 0.529. The van der Waals surface area contributed by atoms with Crippen molar-refractivity contribution in [3.05, 3.63) is 138 Å². The zero-order chi connectivity index (χ0) is 31.0. The van der Waals surface area contributed by atoms with Gasteiger partial charge in [0.15, 0.2) is 11.4 Å². The molecule has 0 amide bonds. The number of hydrogen-bond donors (Lipinski definition) is 0. The van der Waals surface area contributed by atoms with Crippen molar-refractivity contribution in [1.82, 2.24) is 9.97 Å². The van der Waals surface area contributed by atoms with Gasteiger partial charge in [-0.2, -0.15) is 0 Å². The molecule has 4 aromatic carbocycles. The number of aromatic nitrogens is 2. The molecule has 2 fully saturated rings. The number of fused-ring (bicyclic) bond motifs is 1. The zero-order valence-corrected chi connectivity index (χ0v) is 25.4. The normalized spacial score (nSPS) is 18.5. The molecule has 2 atom stereocenters. The van der Waals surface area contributed by atoms with Crippen molar-refractivity contribution in [3.63, 3.8) is 0 Å². The summed E-state index contributed by atoms with van der Waals surface area (Å²) in [5.74, 6) is -2.26. The molecule has 2 heterocycles. The molecule has 0 spiro atoms. The molecule has 1 aliphatic carbocycles. The first kappa shape index (κ1) is 29.0. The number of benzene rings is 4. The molecular weight excluding hydrogens is 584 g/mol. The molecule has 8 heteroatoms.